The Hall–Kier alpha value is -1.42. The number of halogens is 1. The van der Waals surface area contributed by atoms with Crippen LogP contribution in [0.3, 0.4) is 0 Å². The van der Waals surface area contributed by atoms with Crippen LogP contribution in [0.25, 0.3) is 0 Å². The van der Waals surface area contributed by atoms with E-state index in [0.29, 0.717) is 12.0 Å². The molecule has 3 atom stereocenters. The summed E-state index contributed by atoms with van der Waals surface area (Å²) in [5, 5.41) is 8.96. The van der Waals surface area contributed by atoms with Gasteiger partial charge in [0.25, 0.3) is 0 Å². The Morgan fingerprint density at radius 2 is 2.12 bits per heavy atom. The number of carboxylic acid groups (broad SMARTS) is 1. The van der Waals surface area contributed by atoms with Crippen molar-refractivity contribution in [1.82, 2.24) is 4.90 Å². The van der Waals surface area contributed by atoms with Crippen LogP contribution in [0.2, 0.25) is 0 Å². The monoisotopic (exact) mass is 237 g/mol. The molecule has 1 saturated carbocycles. The van der Waals surface area contributed by atoms with Gasteiger partial charge < -0.3 is 10.0 Å². The third-order valence-electron chi connectivity index (χ3n) is 3.34. The van der Waals surface area contributed by atoms with Crippen molar-refractivity contribution < 1.29 is 14.3 Å². The Kier molecular flexibility index (Phi) is 3.15. The van der Waals surface area contributed by atoms with Crippen molar-refractivity contribution in [1.29, 1.82) is 0 Å². The van der Waals surface area contributed by atoms with Gasteiger partial charge in [0.1, 0.15) is 5.82 Å². The number of rotatable bonds is 4. The fourth-order valence-corrected chi connectivity index (χ4v) is 2.45. The highest BCUT2D eigenvalue weighted by molar-refractivity contribution is 5.73. The summed E-state index contributed by atoms with van der Waals surface area (Å²) in [6.07, 6.45) is 0.631. The second kappa shape index (κ2) is 4.45. The van der Waals surface area contributed by atoms with E-state index in [4.69, 9.17) is 5.11 Å². The zero-order valence-corrected chi connectivity index (χ0v) is 9.93. The van der Waals surface area contributed by atoms with Crippen LogP contribution in [0.4, 0.5) is 4.39 Å². The van der Waals surface area contributed by atoms with Crippen molar-refractivity contribution in [3.05, 3.63) is 35.6 Å². The molecule has 0 bridgehead atoms. The number of aliphatic carboxylic acids is 1. The number of benzene rings is 1. The standard InChI is InChI=1S/C13H16FNO2/c1-15(2)12(9-7-10(9)13(16)17)8-5-3-4-6-11(8)14/h3-6,9-10,12H,7H2,1-2H3,(H,16,17). The summed E-state index contributed by atoms with van der Waals surface area (Å²) < 4.78 is 13.7. The van der Waals surface area contributed by atoms with E-state index in [9.17, 15) is 9.18 Å². The first-order chi connectivity index (χ1) is 8.02. The number of carboxylic acids is 1. The zero-order valence-electron chi connectivity index (χ0n) is 9.93. The molecule has 3 unspecified atom stereocenters. The molecule has 3 nitrogen and oxygen atoms in total. The van der Waals surface area contributed by atoms with Crippen molar-refractivity contribution in [2.75, 3.05) is 14.1 Å². The van der Waals surface area contributed by atoms with Gasteiger partial charge in [-0.2, -0.15) is 0 Å². The lowest BCUT2D eigenvalue weighted by Crippen LogP contribution is -2.24. The van der Waals surface area contributed by atoms with Gasteiger partial charge in [0.15, 0.2) is 0 Å². The first-order valence-corrected chi connectivity index (χ1v) is 5.66. The fraction of sp³-hybridized carbons (Fsp3) is 0.462. The molecule has 1 aliphatic rings. The molecule has 1 aliphatic carbocycles. The fourth-order valence-electron chi connectivity index (χ4n) is 2.45. The minimum absolute atomic E-state index is 0.0133. The van der Waals surface area contributed by atoms with Crippen LogP contribution >= 0.6 is 0 Å². The molecule has 2 rings (SSSR count). The summed E-state index contributed by atoms with van der Waals surface area (Å²) in [5.74, 6) is -1.36. The molecular weight excluding hydrogens is 221 g/mol. The molecule has 92 valence electrons. The van der Waals surface area contributed by atoms with E-state index in [1.54, 1.807) is 18.2 Å². The summed E-state index contributed by atoms with van der Waals surface area (Å²) in [7, 11) is 3.71. The molecule has 0 heterocycles. The minimum atomic E-state index is -0.779. The van der Waals surface area contributed by atoms with Gasteiger partial charge in [0.05, 0.1) is 5.92 Å². The topological polar surface area (TPSA) is 40.5 Å². The van der Waals surface area contributed by atoms with Gasteiger partial charge in [-0.3, -0.25) is 4.79 Å². The summed E-state index contributed by atoms with van der Waals surface area (Å²) in [6.45, 7) is 0. The van der Waals surface area contributed by atoms with Crippen molar-refractivity contribution in [3.63, 3.8) is 0 Å². The molecule has 0 spiro atoms. The molecule has 0 radical (unpaired) electrons. The Bertz CT molecular complexity index is 433. The lowest BCUT2D eigenvalue weighted by molar-refractivity contribution is -0.139. The largest absolute Gasteiger partial charge is 0.481 e. The SMILES string of the molecule is CN(C)C(c1ccccc1F)C1CC1C(=O)O. The molecule has 4 heteroatoms. The zero-order chi connectivity index (χ0) is 12.6. The molecule has 0 saturated heterocycles. The Morgan fingerprint density at radius 1 is 1.47 bits per heavy atom. The molecule has 0 aromatic heterocycles. The van der Waals surface area contributed by atoms with Crippen LogP contribution < -0.4 is 0 Å². The van der Waals surface area contributed by atoms with Gasteiger partial charge in [-0.25, -0.2) is 4.39 Å². The number of nitrogens with zero attached hydrogens (tertiary/aromatic N) is 1. The van der Waals surface area contributed by atoms with Gasteiger partial charge in [-0.15, -0.1) is 0 Å². The van der Waals surface area contributed by atoms with E-state index in [0.717, 1.165) is 0 Å². The van der Waals surface area contributed by atoms with Crippen molar-refractivity contribution in [2.45, 2.75) is 12.5 Å². The van der Waals surface area contributed by atoms with E-state index in [2.05, 4.69) is 0 Å². The maximum absolute atomic E-state index is 13.7. The van der Waals surface area contributed by atoms with E-state index < -0.39 is 5.97 Å². The lowest BCUT2D eigenvalue weighted by atomic mass is 9.99. The van der Waals surface area contributed by atoms with Gasteiger partial charge in [-0.1, -0.05) is 18.2 Å². The highest BCUT2D eigenvalue weighted by Gasteiger charge is 2.49. The highest BCUT2D eigenvalue weighted by atomic mass is 19.1. The summed E-state index contributed by atoms with van der Waals surface area (Å²) in [5.41, 5.74) is 0.589. The van der Waals surface area contributed by atoms with Crippen molar-refractivity contribution in [2.24, 2.45) is 11.8 Å². The summed E-state index contributed by atoms with van der Waals surface area (Å²) in [6, 6.07) is 6.43. The predicted octanol–water partition coefficient (Wildman–Crippen LogP) is 2.15. The van der Waals surface area contributed by atoms with Gasteiger partial charge in [-0.05, 0) is 32.5 Å². The molecular formula is C13H16FNO2. The van der Waals surface area contributed by atoms with E-state index in [1.165, 1.54) is 6.07 Å². The van der Waals surface area contributed by atoms with E-state index in [-0.39, 0.29) is 23.7 Å². The lowest BCUT2D eigenvalue weighted by Gasteiger charge is -2.25. The van der Waals surface area contributed by atoms with Crippen LogP contribution in [0.1, 0.15) is 18.0 Å². The van der Waals surface area contributed by atoms with Crippen LogP contribution in [-0.4, -0.2) is 30.1 Å². The summed E-state index contributed by atoms with van der Waals surface area (Å²) >= 11 is 0. The average molecular weight is 237 g/mol. The van der Waals surface area contributed by atoms with Crippen LogP contribution in [0, 0.1) is 17.7 Å². The summed E-state index contributed by atoms with van der Waals surface area (Å²) in [4.78, 5) is 12.8. The van der Waals surface area contributed by atoms with Crippen molar-refractivity contribution in [3.8, 4) is 0 Å². The third-order valence-corrected chi connectivity index (χ3v) is 3.34. The van der Waals surface area contributed by atoms with Gasteiger partial charge in [0.2, 0.25) is 0 Å². The first kappa shape index (κ1) is 12.0. The molecule has 1 aromatic rings. The predicted molar refractivity (Wildman–Crippen MR) is 62.1 cm³/mol. The normalized spacial score (nSPS) is 24.7. The third kappa shape index (κ3) is 2.31. The maximum atomic E-state index is 13.7. The second-order valence-corrected chi connectivity index (χ2v) is 4.77. The molecule has 1 aromatic carbocycles. The molecule has 1 N–H and O–H groups in total. The quantitative estimate of drug-likeness (QED) is 0.872. The molecule has 0 aliphatic heterocycles. The molecule has 17 heavy (non-hydrogen) atoms. The van der Waals surface area contributed by atoms with Gasteiger partial charge >= 0.3 is 5.97 Å². The maximum Gasteiger partial charge on any atom is 0.306 e. The molecule has 0 amide bonds. The van der Waals surface area contributed by atoms with E-state index >= 15 is 0 Å². The number of carbonyl (C=O) groups is 1. The Balaban J connectivity index is 2.26. The number of hydrogen-bond acceptors (Lipinski definition) is 2. The molecule has 1 fully saturated rings. The Labute approximate surface area is 99.9 Å². The van der Waals surface area contributed by atoms with E-state index in [1.807, 2.05) is 19.0 Å². The first-order valence-electron chi connectivity index (χ1n) is 5.66. The smallest absolute Gasteiger partial charge is 0.306 e. The van der Waals surface area contributed by atoms with Crippen LogP contribution in [0.15, 0.2) is 24.3 Å². The second-order valence-electron chi connectivity index (χ2n) is 4.77. The van der Waals surface area contributed by atoms with Crippen LogP contribution in [-0.2, 0) is 4.79 Å². The number of hydrogen-bond donors (Lipinski definition) is 1. The van der Waals surface area contributed by atoms with Crippen LogP contribution in [0.5, 0.6) is 0 Å². The average Bonchev–Trinajstić information content (AvgIpc) is 3.01. The van der Waals surface area contributed by atoms with Crippen molar-refractivity contribution >= 4 is 5.97 Å². The van der Waals surface area contributed by atoms with Gasteiger partial charge in [0, 0.05) is 11.6 Å². The minimum Gasteiger partial charge on any atom is -0.481 e. The highest BCUT2D eigenvalue weighted by Crippen LogP contribution is 2.49. The Morgan fingerprint density at radius 3 is 2.59 bits per heavy atom.